The Bertz CT molecular complexity index is 1200. The normalized spacial score (nSPS) is 11.0. The lowest BCUT2D eigenvalue weighted by molar-refractivity contribution is -0.121. The van der Waals surface area contributed by atoms with Gasteiger partial charge in [0.25, 0.3) is 5.91 Å². The first-order valence-electron chi connectivity index (χ1n) is 9.68. The zero-order chi connectivity index (χ0) is 21.5. The molecule has 0 atom stereocenters. The van der Waals surface area contributed by atoms with Gasteiger partial charge in [-0.25, -0.2) is 10.1 Å². The molecule has 0 unspecified atom stereocenters. The van der Waals surface area contributed by atoms with Crippen molar-refractivity contribution in [3.8, 4) is 11.5 Å². The number of carbonyl (C=O) groups excluding carboxylic acids is 1. The van der Waals surface area contributed by atoms with Crippen molar-refractivity contribution >= 4 is 23.2 Å². The van der Waals surface area contributed by atoms with Crippen molar-refractivity contribution < 1.29 is 14.3 Å². The molecule has 156 valence electrons. The minimum atomic E-state index is -0.305. The van der Waals surface area contributed by atoms with Crippen LogP contribution < -0.4 is 14.9 Å². The van der Waals surface area contributed by atoms with Gasteiger partial charge in [0, 0.05) is 0 Å². The van der Waals surface area contributed by atoms with Crippen LogP contribution in [-0.2, 0) is 17.9 Å². The van der Waals surface area contributed by atoms with Crippen LogP contribution in [0.25, 0.3) is 11.0 Å². The number of aromatic nitrogens is 3. The molecule has 1 N–H and O–H groups in total. The van der Waals surface area contributed by atoms with Crippen molar-refractivity contribution in [2.75, 3.05) is 7.11 Å². The lowest BCUT2D eigenvalue weighted by atomic mass is 10.2. The fourth-order valence-corrected chi connectivity index (χ4v) is 3.01. The van der Waals surface area contributed by atoms with E-state index in [0.29, 0.717) is 18.1 Å². The van der Waals surface area contributed by atoms with Crippen molar-refractivity contribution in [2.45, 2.75) is 13.2 Å². The summed E-state index contributed by atoms with van der Waals surface area (Å²) in [6.45, 7) is 0.437. The van der Waals surface area contributed by atoms with Gasteiger partial charge in [-0.05, 0) is 41.5 Å². The molecule has 1 amide bonds. The van der Waals surface area contributed by atoms with Crippen molar-refractivity contribution in [3.05, 3.63) is 83.9 Å². The van der Waals surface area contributed by atoms with E-state index >= 15 is 0 Å². The van der Waals surface area contributed by atoms with E-state index in [-0.39, 0.29) is 12.5 Å². The highest BCUT2D eigenvalue weighted by Gasteiger charge is 2.08. The Morgan fingerprint density at radius 1 is 1.06 bits per heavy atom. The molecule has 0 aliphatic carbocycles. The Kier molecular flexibility index (Phi) is 6.18. The number of fused-ring (bicyclic) bond motifs is 1. The second-order valence-corrected chi connectivity index (χ2v) is 6.71. The SMILES string of the molecule is COc1ccc(/C=N/NC(=O)Cn2nnc3ccccc32)cc1OCc1ccccc1. The molecule has 8 heteroatoms. The van der Waals surface area contributed by atoms with Gasteiger partial charge in [0.1, 0.15) is 18.7 Å². The molecule has 0 bridgehead atoms. The van der Waals surface area contributed by atoms with Crippen molar-refractivity contribution in [3.63, 3.8) is 0 Å². The number of methoxy groups -OCH3 is 1. The zero-order valence-corrected chi connectivity index (χ0v) is 16.9. The van der Waals surface area contributed by atoms with Gasteiger partial charge in [0.15, 0.2) is 11.5 Å². The maximum Gasteiger partial charge on any atom is 0.261 e. The Balaban J connectivity index is 1.38. The molecular formula is C23H21N5O3. The number of ether oxygens (including phenoxy) is 2. The first-order chi connectivity index (χ1) is 15.2. The fraction of sp³-hybridized carbons (Fsp3) is 0.130. The van der Waals surface area contributed by atoms with Crippen LogP contribution in [0.1, 0.15) is 11.1 Å². The van der Waals surface area contributed by atoms with E-state index in [4.69, 9.17) is 9.47 Å². The molecule has 31 heavy (non-hydrogen) atoms. The molecule has 4 aromatic rings. The monoisotopic (exact) mass is 415 g/mol. The van der Waals surface area contributed by atoms with E-state index in [0.717, 1.165) is 22.2 Å². The van der Waals surface area contributed by atoms with Crippen molar-refractivity contribution in [1.82, 2.24) is 20.4 Å². The lowest BCUT2D eigenvalue weighted by Crippen LogP contribution is -2.23. The molecule has 0 aliphatic rings. The number of hydrogen-bond donors (Lipinski definition) is 1. The van der Waals surface area contributed by atoms with Gasteiger partial charge in [0.2, 0.25) is 0 Å². The van der Waals surface area contributed by atoms with Crippen LogP contribution in [0.5, 0.6) is 11.5 Å². The topological polar surface area (TPSA) is 90.6 Å². The number of benzene rings is 3. The summed E-state index contributed by atoms with van der Waals surface area (Å²) in [7, 11) is 1.59. The third-order valence-corrected chi connectivity index (χ3v) is 4.54. The largest absolute Gasteiger partial charge is 0.493 e. The Hall–Kier alpha value is -4.20. The van der Waals surface area contributed by atoms with E-state index in [2.05, 4.69) is 20.8 Å². The Morgan fingerprint density at radius 2 is 1.87 bits per heavy atom. The molecule has 8 nitrogen and oxygen atoms in total. The minimum Gasteiger partial charge on any atom is -0.493 e. The highest BCUT2D eigenvalue weighted by Crippen LogP contribution is 2.28. The number of nitrogens with zero attached hydrogens (tertiary/aromatic N) is 4. The molecule has 4 rings (SSSR count). The highest BCUT2D eigenvalue weighted by molar-refractivity contribution is 5.84. The smallest absolute Gasteiger partial charge is 0.261 e. The summed E-state index contributed by atoms with van der Waals surface area (Å²) in [4.78, 5) is 12.2. The summed E-state index contributed by atoms with van der Waals surface area (Å²) < 4.78 is 12.8. The van der Waals surface area contributed by atoms with E-state index in [9.17, 15) is 4.79 Å². The number of carbonyl (C=O) groups is 1. The average molecular weight is 415 g/mol. The fourth-order valence-electron chi connectivity index (χ4n) is 3.01. The van der Waals surface area contributed by atoms with Crippen LogP contribution in [0.2, 0.25) is 0 Å². The number of para-hydroxylation sites is 1. The van der Waals surface area contributed by atoms with E-state index in [1.165, 1.54) is 4.68 Å². The summed E-state index contributed by atoms with van der Waals surface area (Å²) in [5.41, 5.74) is 5.85. The number of hydrazone groups is 1. The molecule has 0 saturated carbocycles. The van der Waals surface area contributed by atoms with Gasteiger partial charge in [-0.1, -0.05) is 47.7 Å². The van der Waals surface area contributed by atoms with Crippen LogP contribution >= 0.6 is 0 Å². The molecule has 0 fully saturated rings. The van der Waals surface area contributed by atoms with Gasteiger partial charge in [-0.2, -0.15) is 5.10 Å². The first kappa shape index (κ1) is 20.1. The zero-order valence-electron chi connectivity index (χ0n) is 16.9. The van der Waals surface area contributed by atoms with Crippen LogP contribution in [0.15, 0.2) is 77.9 Å². The van der Waals surface area contributed by atoms with Gasteiger partial charge in [0.05, 0.1) is 18.8 Å². The second kappa shape index (κ2) is 9.53. The number of rotatable bonds is 8. The molecule has 3 aromatic carbocycles. The third-order valence-electron chi connectivity index (χ3n) is 4.54. The predicted octanol–water partition coefficient (Wildman–Crippen LogP) is 3.17. The van der Waals surface area contributed by atoms with E-state index < -0.39 is 0 Å². The quantitative estimate of drug-likeness (QED) is 0.353. The van der Waals surface area contributed by atoms with E-state index in [1.54, 1.807) is 19.4 Å². The second-order valence-electron chi connectivity index (χ2n) is 6.71. The Morgan fingerprint density at radius 3 is 2.71 bits per heavy atom. The van der Waals surface area contributed by atoms with Gasteiger partial charge < -0.3 is 9.47 Å². The van der Waals surface area contributed by atoms with Crippen LogP contribution in [0.3, 0.4) is 0 Å². The van der Waals surface area contributed by atoms with Gasteiger partial charge >= 0.3 is 0 Å². The first-order valence-corrected chi connectivity index (χ1v) is 9.68. The predicted molar refractivity (Wildman–Crippen MR) is 117 cm³/mol. The molecule has 0 spiro atoms. The Labute approximate surface area is 179 Å². The molecule has 0 saturated heterocycles. The summed E-state index contributed by atoms with van der Waals surface area (Å²) >= 11 is 0. The van der Waals surface area contributed by atoms with Crippen molar-refractivity contribution in [2.24, 2.45) is 5.10 Å². The summed E-state index contributed by atoms with van der Waals surface area (Å²) in [6.07, 6.45) is 1.55. The highest BCUT2D eigenvalue weighted by atomic mass is 16.5. The van der Waals surface area contributed by atoms with Crippen LogP contribution in [0.4, 0.5) is 0 Å². The molecule has 1 aromatic heterocycles. The number of amides is 1. The third kappa shape index (κ3) is 5.05. The number of hydrogen-bond acceptors (Lipinski definition) is 6. The summed E-state index contributed by atoms with van der Waals surface area (Å²) in [6, 6.07) is 22.8. The van der Waals surface area contributed by atoms with Crippen molar-refractivity contribution in [1.29, 1.82) is 0 Å². The van der Waals surface area contributed by atoms with E-state index in [1.807, 2.05) is 66.7 Å². The maximum atomic E-state index is 12.2. The van der Waals surface area contributed by atoms with Gasteiger partial charge in [-0.15, -0.1) is 5.10 Å². The molecule has 1 heterocycles. The summed E-state index contributed by atoms with van der Waals surface area (Å²) in [5.74, 6) is 0.909. The lowest BCUT2D eigenvalue weighted by Gasteiger charge is -2.11. The summed E-state index contributed by atoms with van der Waals surface area (Å²) in [5, 5.41) is 12.1. The standard InChI is InChI=1S/C23H21N5O3/c1-30-21-12-11-18(13-22(21)31-16-17-7-3-2-4-8-17)14-24-26-23(29)15-28-20-10-6-5-9-19(20)25-27-28/h2-14H,15-16H2,1H3,(H,26,29)/b24-14+. The van der Waals surface area contributed by atoms with Crippen LogP contribution in [0, 0.1) is 0 Å². The van der Waals surface area contributed by atoms with Crippen LogP contribution in [-0.4, -0.2) is 34.2 Å². The average Bonchev–Trinajstić information content (AvgIpc) is 3.21. The molecule has 0 aliphatic heterocycles. The minimum absolute atomic E-state index is 0.0197. The maximum absolute atomic E-state index is 12.2. The number of nitrogens with one attached hydrogen (secondary N) is 1. The molecule has 0 radical (unpaired) electrons. The van der Waals surface area contributed by atoms with Gasteiger partial charge in [-0.3, -0.25) is 4.79 Å². The molecular weight excluding hydrogens is 394 g/mol.